The van der Waals surface area contributed by atoms with Gasteiger partial charge in [-0.25, -0.2) is 4.79 Å². The van der Waals surface area contributed by atoms with E-state index >= 15 is 0 Å². The van der Waals surface area contributed by atoms with Gasteiger partial charge in [-0.3, -0.25) is 4.84 Å². The number of hydrogen-bond donors (Lipinski definition) is 0. The molecular formula is C11H20N2O4. The molecule has 1 saturated heterocycles. The van der Waals surface area contributed by atoms with Gasteiger partial charge in [0.25, 0.3) is 0 Å². The molecule has 1 aliphatic heterocycles. The van der Waals surface area contributed by atoms with Crippen molar-refractivity contribution in [3.05, 3.63) is 0 Å². The Morgan fingerprint density at radius 3 is 2.65 bits per heavy atom. The highest BCUT2D eigenvalue weighted by molar-refractivity contribution is 5.68. The number of hydrogen-bond acceptors (Lipinski definition) is 5. The number of ether oxygens (including phenoxy) is 1. The molecule has 0 radical (unpaired) electrons. The molecule has 0 aromatic rings. The zero-order valence-corrected chi connectivity index (χ0v) is 10.6. The first-order valence-electron chi connectivity index (χ1n) is 5.72. The Kier molecular flexibility index (Phi) is 4.89. The lowest BCUT2D eigenvalue weighted by molar-refractivity contribution is -0.152. The third-order valence-electron chi connectivity index (χ3n) is 2.18. The van der Waals surface area contributed by atoms with Crippen LogP contribution in [0.3, 0.4) is 0 Å². The van der Waals surface area contributed by atoms with Crippen molar-refractivity contribution in [2.24, 2.45) is 0 Å². The average Bonchev–Trinajstić information content (AvgIpc) is 2.41. The van der Waals surface area contributed by atoms with Gasteiger partial charge in [-0.1, -0.05) is 0 Å². The van der Waals surface area contributed by atoms with Crippen molar-refractivity contribution < 1.29 is 19.2 Å². The molecule has 98 valence electrons. The lowest BCUT2D eigenvalue weighted by Gasteiger charge is -2.25. The Balaban J connectivity index is 2.45. The minimum atomic E-state index is -0.493. The van der Waals surface area contributed by atoms with Crippen LogP contribution in [0.2, 0.25) is 0 Å². The maximum Gasteiger partial charge on any atom is 0.410 e. The lowest BCUT2D eigenvalue weighted by Crippen LogP contribution is -2.39. The molecule has 1 heterocycles. The standard InChI is InChI=1S/C11H20N2O4/c1-11(2,3)17-10(15)12-4-5-13(6-8-14)16-9-7-12/h8H,4-7,9H2,1-3H3. The van der Waals surface area contributed by atoms with Gasteiger partial charge in [0, 0.05) is 19.6 Å². The Hall–Kier alpha value is -1.14. The first-order chi connectivity index (χ1) is 7.92. The van der Waals surface area contributed by atoms with E-state index in [2.05, 4.69) is 0 Å². The first kappa shape index (κ1) is 13.9. The predicted octanol–water partition coefficient (Wildman–Crippen LogP) is 0.670. The monoisotopic (exact) mass is 244 g/mol. The molecule has 1 rings (SSSR count). The molecule has 0 unspecified atom stereocenters. The van der Waals surface area contributed by atoms with Gasteiger partial charge in [-0.2, -0.15) is 5.06 Å². The zero-order chi connectivity index (χ0) is 12.9. The van der Waals surface area contributed by atoms with Crippen molar-refractivity contribution in [1.82, 2.24) is 9.96 Å². The van der Waals surface area contributed by atoms with Crippen LogP contribution in [-0.2, 0) is 14.4 Å². The summed E-state index contributed by atoms with van der Waals surface area (Å²) in [5.41, 5.74) is -0.493. The van der Waals surface area contributed by atoms with Crippen molar-refractivity contribution in [3.63, 3.8) is 0 Å². The largest absolute Gasteiger partial charge is 0.444 e. The van der Waals surface area contributed by atoms with Gasteiger partial charge in [-0.05, 0) is 20.8 Å². The molecule has 0 saturated carbocycles. The van der Waals surface area contributed by atoms with Crippen molar-refractivity contribution in [2.45, 2.75) is 26.4 Å². The summed E-state index contributed by atoms with van der Waals surface area (Å²) in [6, 6.07) is 0. The average molecular weight is 244 g/mol. The van der Waals surface area contributed by atoms with Crippen LogP contribution in [0.5, 0.6) is 0 Å². The maximum absolute atomic E-state index is 11.8. The summed E-state index contributed by atoms with van der Waals surface area (Å²) >= 11 is 0. The van der Waals surface area contributed by atoms with Crippen molar-refractivity contribution in [3.8, 4) is 0 Å². The van der Waals surface area contributed by atoms with E-state index in [9.17, 15) is 9.59 Å². The summed E-state index contributed by atoms with van der Waals surface area (Å²) in [5, 5.41) is 1.55. The zero-order valence-electron chi connectivity index (χ0n) is 10.6. The van der Waals surface area contributed by atoms with Crippen LogP contribution in [0.1, 0.15) is 20.8 Å². The fourth-order valence-electron chi connectivity index (χ4n) is 1.42. The summed E-state index contributed by atoms with van der Waals surface area (Å²) < 4.78 is 5.27. The van der Waals surface area contributed by atoms with Crippen LogP contribution in [0, 0.1) is 0 Å². The quantitative estimate of drug-likeness (QED) is 0.668. The first-order valence-corrected chi connectivity index (χ1v) is 5.72. The second-order valence-electron chi connectivity index (χ2n) is 4.86. The minimum absolute atomic E-state index is 0.224. The molecule has 6 nitrogen and oxygen atoms in total. The Labute approximate surface area is 101 Å². The summed E-state index contributed by atoms with van der Waals surface area (Å²) in [4.78, 5) is 29.1. The number of aldehydes is 1. The fraction of sp³-hybridized carbons (Fsp3) is 0.818. The Morgan fingerprint density at radius 1 is 1.35 bits per heavy atom. The smallest absolute Gasteiger partial charge is 0.410 e. The van der Waals surface area contributed by atoms with Gasteiger partial charge < -0.3 is 14.4 Å². The van der Waals surface area contributed by atoms with E-state index < -0.39 is 5.60 Å². The van der Waals surface area contributed by atoms with Crippen LogP contribution in [0.15, 0.2) is 0 Å². The van der Waals surface area contributed by atoms with Gasteiger partial charge in [-0.15, -0.1) is 0 Å². The summed E-state index contributed by atoms with van der Waals surface area (Å²) in [6.07, 6.45) is 0.442. The van der Waals surface area contributed by atoms with Crippen molar-refractivity contribution in [1.29, 1.82) is 0 Å². The SMILES string of the molecule is CC(C)(C)OC(=O)N1CCON(CC=O)CC1. The van der Waals surface area contributed by atoms with Gasteiger partial charge in [0.05, 0.1) is 13.2 Å². The second kappa shape index (κ2) is 5.97. The number of carbonyl (C=O) groups excluding carboxylic acids is 2. The predicted molar refractivity (Wildman–Crippen MR) is 61.4 cm³/mol. The number of amides is 1. The summed E-state index contributed by atoms with van der Waals surface area (Å²) in [7, 11) is 0. The third-order valence-corrected chi connectivity index (χ3v) is 2.18. The summed E-state index contributed by atoms with van der Waals surface area (Å²) in [5.74, 6) is 0. The van der Waals surface area contributed by atoms with Crippen molar-refractivity contribution in [2.75, 3.05) is 32.8 Å². The van der Waals surface area contributed by atoms with E-state index in [1.807, 2.05) is 20.8 Å². The molecule has 0 aromatic carbocycles. The molecule has 17 heavy (non-hydrogen) atoms. The van der Waals surface area contributed by atoms with E-state index in [0.717, 1.165) is 6.29 Å². The number of carbonyl (C=O) groups is 2. The van der Waals surface area contributed by atoms with E-state index in [1.165, 1.54) is 0 Å². The van der Waals surface area contributed by atoms with Crippen LogP contribution in [0.25, 0.3) is 0 Å². The molecule has 0 bridgehead atoms. The number of rotatable bonds is 2. The lowest BCUT2D eigenvalue weighted by atomic mass is 10.2. The van der Waals surface area contributed by atoms with Gasteiger partial charge in [0.1, 0.15) is 11.9 Å². The fourth-order valence-corrected chi connectivity index (χ4v) is 1.42. The van der Waals surface area contributed by atoms with Gasteiger partial charge >= 0.3 is 6.09 Å². The molecule has 1 amide bonds. The normalized spacial score (nSPS) is 18.6. The Bertz CT molecular complexity index is 275. The van der Waals surface area contributed by atoms with Crippen LogP contribution < -0.4 is 0 Å². The molecule has 0 atom stereocenters. The molecule has 1 fully saturated rings. The molecule has 0 aliphatic carbocycles. The molecule has 0 N–H and O–H groups in total. The molecule has 0 aromatic heterocycles. The second-order valence-corrected chi connectivity index (χ2v) is 4.86. The number of nitrogens with zero attached hydrogens (tertiary/aromatic N) is 2. The van der Waals surface area contributed by atoms with Crippen molar-refractivity contribution >= 4 is 12.4 Å². The van der Waals surface area contributed by atoms with E-state index in [-0.39, 0.29) is 12.6 Å². The van der Waals surface area contributed by atoms with E-state index in [1.54, 1.807) is 9.96 Å². The van der Waals surface area contributed by atoms with E-state index in [4.69, 9.17) is 9.57 Å². The highest BCUT2D eigenvalue weighted by Crippen LogP contribution is 2.11. The molecule has 6 heteroatoms. The maximum atomic E-state index is 11.8. The van der Waals surface area contributed by atoms with Gasteiger partial charge in [0.2, 0.25) is 0 Å². The topological polar surface area (TPSA) is 59.1 Å². The Morgan fingerprint density at radius 2 is 2.06 bits per heavy atom. The minimum Gasteiger partial charge on any atom is -0.444 e. The highest BCUT2D eigenvalue weighted by Gasteiger charge is 2.24. The van der Waals surface area contributed by atoms with Crippen LogP contribution in [-0.4, -0.2) is 60.7 Å². The number of hydroxylamine groups is 2. The molecule has 0 spiro atoms. The van der Waals surface area contributed by atoms with Crippen LogP contribution >= 0.6 is 0 Å². The highest BCUT2D eigenvalue weighted by atomic mass is 16.7. The molecular weight excluding hydrogens is 224 g/mol. The van der Waals surface area contributed by atoms with Gasteiger partial charge in [0.15, 0.2) is 0 Å². The third kappa shape index (κ3) is 5.14. The summed E-state index contributed by atoms with van der Waals surface area (Å²) in [6.45, 7) is 7.59. The van der Waals surface area contributed by atoms with Crippen LogP contribution in [0.4, 0.5) is 4.79 Å². The van der Waals surface area contributed by atoms with E-state index in [0.29, 0.717) is 26.2 Å². The molecule has 1 aliphatic rings.